The van der Waals surface area contributed by atoms with E-state index in [4.69, 9.17) is 23.2 Å². The van der Waals surface area contributed by atoms with Gasteiger partial charge in [0.15, 0.2) is 19.6 Å². The molecule has 0 spiro atoms. The number of aromatic nitrogens is 2. The van der Waals surface area contributed by atoms with E-state index in [0.717, 1.165) is 22.5 Å². The van der Waals surface area contributed by atoms with Crippen molar-refractivity contribution in [1.82, 2.24) is 8.75 Å². The second-order valence-corrected chi connectivity index (χ2v) is 8.72. The van der Waals surface area contributed by atoms with Gasteiger partial charge in [0.25, 0.3) is 0 Å². The van der Waals surface area contributed by atoms with E-state index in [1.807, 2.05) is 26.0 Å². The molecule has 0 fully saturated rings. The van der Waals surface area contributed by atoms with Crippen molar-refractivity contribution in [2.75, 3.05) is 0 Å². The maximum Gasteiger partial charge on any atom is 0.179 e. The third-order valence-electron chi connectivity index (χ3n) is 2.86. The van der Waals surface area contributed by atoms with Gasteiger partial charge in [0.2, 0.25) is 0 Å². The van der Waals surface area contributed by atoms with Crippen LogP contribution in [0, 0.1) is 13.8 Å². The Hall–Kier alpha value is -0.640. The lowest BCUT2D eigenvalue weighted by Crippen LogP contribution is -1.96. The summed E-state index contributed by atoms with van der Waals surface area (Å²) in [5.74, 6) is 0. The largest absolute Gasteiger partial charge is 0.232 e. The zero-order chi connectivity index (χ0) is 15.7. The number of nitrogens with zero attached hydrogens (tertiary/aromatic N) is 4. The molecule has 114 valence electrons. The molecule has 10 heteroatoms. The second-order valence-electron chi connectivity index (χ2n) is 4.34. The number of hydrogen-bond acceptors (Lipinski definition) is 8. The third-order valence-corrected chi connectivity index (χ3v) is 7.20. The molecule has 0 amide bonds. The van der Waals surface area contributed by atoms with Crippen molar-refractivity contribution in [2.45, 2.75) is 13.8 Å². The second kappa shape index (κ2) is 6.86. The summed E-state index contributed by atoms with van der Waals surface area (Å²) in [6.07, 6.45) is 0. The molecule has 3 aromatic rings. The van der Waals surface area contributed by atoms with Gasteiger partial charge in [-0.25, -0.2) is 9.98 Å². The third kappa shape index (κ3) is 3.47. The van der Waals surface area contributed by atoms with Gasteiger partial charge < -0.3 is 0 Å². The van der Waals surface area contributed by atoms with Crippen molar-refractivity contribution in [1.29, 1.82) is 0 Å². The van der Waals surface area contributed by atoms with Crippen LogP contribution in [0.2, 0.25) is 10.3 Å². The molecule has 0 saturated heterocycles. The monoisotopic (exact) mass is 406 g/mol. The van der Waals surface area contributed by atoms with Crippen LogP contribution in [0.4, 0.5) is 11.4 Å². The van der Waals surface area contributed by atoms with Crippen molar-refractivity contribution in [2.24, 2.45) is 9.98 Å². The van der Waals surface area contributed by atoms with Gasteiger partial charge in [-0.1, -0.05) is 23.2 Å². The minimum atomic E-state index is 0.414. The van der Waals surface area contributed by atoms with Crippen LogP contribution in [-0.2, 0) is 0 Å². The molecule has 1 aromatic carbocycles. The van der Waals surface area contributed by atoms with Crippen molar-refractivity contribution >= 4 is 76.3 Å². The molecule has 0 aliphatic heterocycles. The maximum absolute atomic E-state index is 6.04. The Morgan fingerprint density at radius 2 is 1.23 bits per heavy atom. The summed E-state index contributed by atoms with van der Waals surface area (Å²) < 4.78 is 9.46. The first-order chi connectivity index (χ1) is 10.5. The standard InChI is InChI=1S/C12H8Cl2N4S4/c1-5-3-7(15-11-9(13)17-21-19-11)8(4-6(5)2)16-12-10(14)18-22-20-12/h3-4H,1-2H3. The summed E-state index contributed by atoms with van der Waals surface area (Å²) >= 11 is 12.1. The molecule has 0 radical (unpaired) electrons. The predicted molar refractivity (Wildman–Crippen MR) is 96.4 cm³/mol. The van der Waals surface area contributed by atoms with E-state index in [9.17, 15) is 0 Å². The van der Waals surface area contributed by atoms with Crippen LogP contribution >= 0.6 is 65.0 Å². The molecule has 2 aromatic heterocycles. The van der Waals surface area contributed by atoms with Gasteiger partial charge >= 0.3 is 0 Å². The summed E-state index contributed by atoms with van der Waals surface area (Å²) in [4.78, 5) is 9.20. The lowest BCUT2D eigenvalue weighted by molar-refractivity contribution is 1.26. The Balaban J connectivity index is 2.24. The highest BCUT2D eigenvalue weighted by molar-refractivity contribution is 7.66. The van der Waals surface area contributed by atoms with Crippen molar-refractivity contribution in [3.63, 3.8) is 0 Å². The van der Waals surface area contributed by atoms with Crippen LogP contribution in [0.25, 0.3) is 0 Å². The molecular weight excluding hydrogens is 399 g/mol. The molecule has 0 saturated carbocycles. The van der Waals surface area contributed by atoms with Gasteiger partial charge in [-0.15, -0.1) is 0 Å². The summed E-state index contributed by atoms with van der Waals surface area (Å²) in [6, 6.07) is 3.99. The molecule has 0 unspecified atom stereocenters. The van der Waals surface area contributed by atoms with Gasteiger partial charge in [-0.3, -0.25) is 0 Å². The summed E-state index contributed by atoms with van der Waals surface area (Å²) in [5, 5.41) is 0.828. The number of hydrogen-bond donors (Lipinski definition) is 0. The van der Waals surface area contributed by atoms with Crippen molar-refractivity contribution < 1.29 is 0 Å². The summed E-state index contributed by atoms with van der Waals surface area (Å²) in [7, 11) is 5.49. The lowest BCUT2D eigenvalue weighted by Gasteiger charge is -2.05. The van der Waals surface area contributed by atoms with E-state index in [2.05, 4.69) is 18.7 Å². The van der Waals surface area contributed by atoms with Gasteiger partial charge in [0.1, 0.15) is 0 Å². The number of rotatable bonds is 2. The Morgan fingerprint density at radius 3 is 1.55 bits per heavy atom. The Kier molecular flexibility index (Phi) is 5.06. The SMILES string of the molecule is Cc1cc(N=c2ssnc2Cl)c(N=c2ssnc2Cl)cc1C. The maximum atomic E-state index is 6.04. The average molecular weight is 407 g/mol. The fourth-order valence-electron chi connectivity index (χ4n) is 1.63. The van der Waals surface area contributed by atoms with E-state index in [1.54, 1.807) is 0 Å². The first kappa shape index (κ1) is 16.2. The van der Waals surface area contributed by atoms with Crippen molar-refractivity contribution in [3.05, 3.63) is 42.9 Å². The van der Waals surface area contributed by atoms with Gasteiger partial charge in [-0.2, -0.15) is 8.75 Å². The van der Waals surface area contributed by atoms with Crippen LogP contribution < -0.4 is 9.34 Å². The van der Waals surface area contributed by atoms with E-state index < -0.39 is 0 Å². The first-order valence-corrected chi connectivity index (χ1v) is 11.0. The first-order valence-electron chi connectivity index (χ1n) is 5.98. The highest BCUT2D eigenvalue weighted by atomic mass is 35.5. The van der Waals surface area contributed by atoms with Gasteiger partial charge in [0.05, 0.1) is 11.4 Å². The molecule has 3 rings (SSSR count). The number of benzene rings is 1. The Labute approximate surface area is 151 Å². The molecule has 0 N–H and O–H groups in total. The normalized spacial score (nSPS) is 13.1. The van der Waals surface area contributed by atoms with Crippen molar-refractivity contribution in [3.8, 4) is 0 Å². The highest BCUT2D eigenvalue weighted by Crippen LogP contribution is 2.31. The number of aryl methyl sites for hydroxylation is 2. The summed E-state index contributed by atoms with van der Waals surface area (Å²) in [6.45, 7) is 4.08. The topological polar surface area (TPSA) is 50.5 Å². The van der Waals surface area contributed by atoms with Crippen LogP contribution in [0.15, 0.2) is 22.1 Å². The van der Waals surface area contributed by atoms with E-state index in [0.29, 0.717) is 19.6 Å². The van der Waals surface area contributed by atoms with Crippen LogP contribution in [0.5, 0.6) is 0 Å². The Bertz CT molecular complexity index is 873. The smallest absolute Gasteiger partial charge is 0.179 e. The quantitative estimate of drug-likeness (QED) is 0.554. The molecule has 0 atom stereocenters. The zero-order valence-corrected chi connectivity index (χ0v) is 16.1. The van der Waals surface area contributed by atoms with Crippen LogP contribution in [0.1, 0.15) is 11.1 Å². The fourth-order valence-corrected chi connectivity index (χ4v) is 5.60. The predicted octanol–water partition coefficient (Wildman–Crippen LogP) is 5.11. The molecule has 0 bridgehead atoms. The van der Waals surface area contributed by atoms with E-state index in [-0.39, 0.29) is 0 Å². The molecule has 4 nitrogen and oxygen atoms in total. The number of halogens is 2. The molecule has 2 heterocycles. The minimum Gasteiger partial charge on any atom is -0.232 e. The molecule has 0 aliphatic rings. The fraction of sp³-hybridized carbons (Fsp3) is 0.167. The lowest BCUT2D eigenvalue weighted by atomic mass is 10.1. The molecule has 22 heavy (non-hydrogen) atoms. The van der Waals surface area contributed by atoms with Gasteiger partial charge in [-0.05, 0) is 57.8 Å². The van der Waals surface area contributed by atoms with Crippen LogP contribution in [0.3, 0.4) is 0 Å². The Morgan fingerprint density at radius 1 is 0.818 bits per heavy atom. The van der Waals surface area contributed by atoms with Crippen LogP contribution in [-0.4, -0.2) is 8.75 Å². The molecular formula is C12H8Cl2N4S4. The zero-order valence-electron chi connectivity index (χ0n) is 11.3. The minimum absolute atomic E-state index is 0.414. The highest BCUT2D eigenvalue weighted by Gasteiger charge is 2.07. The van der Waals surface area contributed by atoms with E-state index in [1.165, 1.54) is 41.8 Å². The molecule has 0 aliphatic carbocycles. The summed E-state index contributed by atoms with van der Waals surface area (Å²) in [5.41, 5.74) is 3.77. The van der Waals surface area contributed by atoms with E-state index >= 15 is 0 Å². The average Bonchev–Trinajstić information content (AvgIpc) is 3.05. The van der Waals surface area contributed by atoms with Gasteiger partial charge in [0, 0.05) is 21.1 Å².